The third-order valence-corrected chi connectivity index (χ3v) is 8.27. The first-order chi connectivity index (χ1) is 12.8. The van der Waals surface area contributed by atoms with Gasteiger partial charge in [-0.3, -0.25) is 4.79 Å². The lowest BCUT2D eigenvalue weighted by molar-refractivity contribution is -0.150. The number of phenolic OH excluding ortho intramolecular Hbond substituents is 1. The zero-order chi connectivity index (χ0) is 19.4. The van der Waals surface area contributed by atoms with Crippen LogP contribution in [-0.4, -0.2) is 41.7 Å². The van der Waals surface area contributed by atoms with E-state index in [2.05, 4.69) is 31.7 Å². The van der Waals surface area contributed by atoms with Gasteiger partial charge in [0.2, 0.25) is 5.91 Å². The zero-order valence-corrected chi connectivity index (χ0v) is 17.1. The van der Waals surface area contributed by atoms with Crippen molar-refractivity contribution in [3.8, 4) is 5.75 Å². The van der Waals surface area contributed by atoms with Crippen molar-refractivity contribution < 1.29 is 14.6 Å². The number of phenols is 1. The molecule has 1 saturated heterocycles. The molecule has 2 atom stereocenters. The normalized spacial score (nSPS) is 34.8. The molecule has 0 unspecified atom stereocenters. The molecule has 0 aromatic heterocycles. The molecule has 2 bridgehead atoms. The molecule has 1 amide bonds. The predicted octanol–water partition coefficient (Wildman–Crippen LogP) is 4.04. The molecule has 1 heterocycles. The summed E-state index contributed by atoms with van der Waals surface area (Å²) in [6.07, 6.45) is 5.84. The van der Waals surface area contributed by atoms with Gasteiger partial charge in [-0.15, -0.1) is 0 Å². The number of carbonyl (C=O) groups is 1. The Morgan fingerprint density at radius 3 is 2.56 bits per heavy atom. The van der Waals surface area contributed by atoms with Crippen LogP contribution in [0.1, 0.15) is 64.0 Å². The number of fused-ring (bicyclic) bond motifs is 4. The van der Waals surface area contributed by atoms with Crippen molar-refractivity contribution in [1.82, 2.24) is 4.90 Å². The van der Waals surface area contributed by atoms with Crippen molar-refractivity contribution in [2.45, 2.75) is 76.9 Å². The summed E-state index contributed by atoms with van der Waals surface area (Å²) in [6, 6.07) is 6.07. The van der Waals surface area contributed by atoms with Gasteiger partial charge in [0.25, 0.3) is 0 Å². The van der Waals surface area contributed by atoms with Gasteiger partial charge in [0, 0.05) is 31.0 Å². The third kappa shape index (κ3) is 2.71. The number of hydrogen-bond donors (Lipinski definition) is 1. The van der Waals surface area contributed by atoms with Crippen molar-refractivity contribution in [3.05, 3.63) is 29.3 Å². The molecule has 1 aliphatic heterocycles. The summed E-state index contributed by atoms with van der Waals surface area (Å²) in [6.45, 7) is 7.77. The van der Waals surface area contributed by atoms with Gasteiger partial charge in [0.05, 0.1) is 6.10 Å². The van der Waals surface area contributed by atoms with Crippen LogP contribution in [-0.2, 0) is 21.4 Å². The number of aromatic hydroxyl groups is 1. The standard InChI is InChI=1S/C23H33NO3/c1-22(2)20-14-17-18(6-5-7-19(17)25)23(22,3)12-13-24(20)21(26)15-8-10-16(27-4)11-9-15/h5-7,15-16,20,25H,8-14H2,1-4H3/t15?,16?,20-,23+/m1/s1. The van der Waals surface area contributed by atoms with E-state index in [0.29, 0.717) is 17.8 Å². The lowest BCUT2D eigenvalue weighted by atomic mass is 9.51. The Labute approximate surface area is 162 Å². The topological polar surface area (TPSA) is 49.8 Å². The van der Waals surface area contributed by atoms with Gasteiger partial charge < -0.3 is 14.7 Å². The van der Waals surface area contributed by atoms with Gasteiger partial charge in [-0.1, -0.05) is 32.9 Å². The van der Waals surface area contributed by atoms with Crippen LogP contribution in [0, 0.1) is 11.3 Å². The lowest BCUT2D eigenvalue weighted by Crippen LogP contribution is -2.65. The molecular formula is C23H33NO3. The Balaban J connectivity index is 1.64. The van der Waals surface area contributed by atoms with Crippen molar-refractivity contribution in [2.24, 2.45) is 11.3 Å². The second-order valence-electron chi connectivity index (χ2n) is 9.57. The average molecular weight is 372 g/mol. The van der Waals surface area contributed by atoms with E-state index in [1.807, 2.05) is 6.07 Å². The van der Waals surface area contributed by atoms with Crippen LogP contribution in [0.4, 0.5) is 0 Å². The number of rotatable bonds is 2. The molecule has 4 rings (SSSR count). The minimum Gasteiger partial charge on any atom is -0.508 e. The summed E-state index contributed by atoms with van der Waals surface area (Å²) in [5.41, 5.74) is 2.28. The highest BCUT2D eigenvalue weighted by Crippen LogP contribution is 2.57. The molecular weight excluding hydrogens is 338 g/mol. The number of ether oxygens (including phenoxy) is 1. The van der Waals surface area contributed by atoms with Crippen molar-refractivity contribution in [2.75, 3.05) is 13.7 Å². The van der Waals surface area contributed by atoms with E-state index in [-0.39, 0.29) is 22.8 Å². The molecule has 4 heteroatoms. The summed E-state index contributed by atoms with van der Waals surface area (Å²) in [5, 5.41) is 10.5. The van der Waals surface area contributed by atoms with Gasteiger partial charge in [-0.25, -0.2) is 0 Å². The maximum Gasteiger partial charge on any atom is 0.225 e. The maximum atomic E-state index is 13.5. The van der Waals surface area contributed by atoms with Gasteiger partial charge in [0.15, 0.2) is 0 Å². The Hall–Kier alpha value is -1.55. The number of hydrogen-bond acceptors (Lipinski definition) is 3. The summed E-state index contributed by atoms with van der Waals surface area (Å²) in [5.74, 6) is 0.833. The van der Waals surface area contributed by atoms with Gasteiger partial charge in [0.1, 0.15) is 5.75 Å². The fraction of sp³-hybridized carbons (Fsp3) is 0.696. The monoisotopic (exact) mass is 371 g/mol. The van der Waals surface area contributed by atoms with E-state index >= 15 is 0 Å². The van der Waals surface area contributed by atoms with Crippen molar-refractivity contribution >= 4 is 5.91 Å². The Morgan fingerprint density at radius 2 is 1.89 bits per heavy atom. The number of likely N-dealkylation sites (tertiary alicyclic amines) is 1. The molecule has 1 aromatic rings. The molecule has 2 fully saturated rings. The largest absolute Gasteiger partial charge is 0.508 e. The van der Waals surface area contributed by atoms with Crippen LogP contribution >= 0.6 is 0 Å². The van der Waals surface area contributed by atoms with Crippen LogP contribution in [0.2, 0.25) is 0 Å². The number of methoxy groups -OCH3 is 1. The highest BCUT2D eigenvalue weighted by atomic mass is 16.5. The Bertz CT molecular complexity index is 735. The molecule has 148 valence electrons. The highest BCUT2D eigenvalue weighted by molar-refractivity contribution is 5.80. The average Bonchev–Trinajstić information content (AvgIpc) is 2.65. The third-order valence-electron chi connectivity index (χ3n) is 8.27. The van der Waals surface area contributed by atoms with Crippen LogP contribution < -0.4 is 0 Å². The molecule has 2 aliphatic carbocycles. The predicted molar refractivity (Wildman–Crippen MR) is 106 cm³/mol. The highest BCUT2D eigenvalue weighted by Gasteiger charge is 2.57. The molecule has 4 nitrogen and oxygen atoms in total. The van der Waals surface area contributed by atoms with Crippen LogP contribution in [0.3, 0.4) is 0 Å². The second kappa shape index (κ2) is 6.51. The molecule has 1 N–H and O–H groups in total. The minimum atomic E-state index is -0.0224. The van der Waals surface area contributed by atoms with E-state index in [1.165, 1.54) is 5.56 Å². The second-order valence-corrected chi connectivity index (χ2v) is 9.57. The quantitative estimate of drug-likeness (QED) is 0.854. The first kappa shape index (κ1) is 18.8. The summed E-state index contributed by atoms with van der Waals surface area (Å²) in [7, 11) is 1.77. The number of benzene rings is 1. The van der Waals surface area contributed by atoms with E-state index < -0.39 is 0 Å². The molecule has 0 radical (unpaired) electrons. The first-order valence-corrected chi connectivity index (χ1v) is 10.4. The zero-order valence-electron chi connectivity index (χ0n) is 17.1. The molecule has 27 heavy (non-hydrogen) atoms. The smallest absolute Gasteiger partial charge is 0.225 e. The van der Waals surface area contributed by atoms with E-state index in [1.54, 1.807) is 13.2 Å². The lowest BCUT2D eigenvalue weighted by Gasteiger charge is -2.61. The van der Waals surface area contributed by atoms with Crippen LogP contribution in [0.25, 0.3) is 0 Å². The summed E-state index contributed by atoms with van der Waals surface area (Å²) in [4.78, 5) is 15.6. The fourth-order valence-electron chi connectivity index (χ4n) is 5.97. The number of amides is 1. The van der Waals surface area contributed by atoms with E-state index in [9.17, 15) is 9.90 Å². The Morgan fingerprint density at radius 1 is 1.19 bits per heavy atom. The minimum absolute atomic E-state index is 0.0194. The fourth-order valence-corrected chi connectivity index (χ4v) is 5.97. The molecule has 0 spiro atoms. The van der Waals surface area contributed by atoms with Crippen LogP contribution in [0.15, 0.2) is 18.2 Å². The van der Waals surface area contributed by atoms with Crippen LogP contribution in [0.5, 0.6) is 5.75 Å². The van der Waals surface area contributed by atoms with Crippen molar-refractivity contribution in [3.63, 3.8) is 0 Å². The summed E-state index contributed by atoms with van der Waals surface area (Å²) < 4.78 is 5.48. The molecule has 3 aliphatic rings. The van der Waals surface area contributed by atoms with Gasteiger partial charge in [-0.2, -0.15) is 0 Å². The van der Waals surface area contributed by atoms with Crippen molar-refractivity contribution in [1.29, 1.82) is 0 Å². The number of carbonyl (C=O) groups excluding carboxylic acids is 1. The Kier molecular flexibility index (Phi) is 4.53. The van der Waals surface area contributed by atoms with E-state index in [4.69, 9.17) is 4.74 Å². The molecule has 1 saturated carbocycles. The number of piperidine rings is 1. The maximum absolute atomic E-state index is 13.5. The number of nitrogens with zero attached hydrogens (tertiary/aromatic N) is 1. The van der Waals surface area contributed by atoms with E-state index in [0.717, 1.165) is 50.6 Å². The first-order valence-electron chi connectivity index (χ1n) is 10.4. The van der Waals surface area contributed by atoms with Gasteiger partial charge >= 0.3 is 0 Å². The molecule has 1 aromatic carbocycles. The van der Waals surface area contributed by atoms with Gasteiger partial charge in [-0.05, 0) is 61.1 Å². The SMILES string of the molecule is COC1CCC(C(=O)N2CC[C@@]3(C)c4cccc(O)c4C[C@@H]2C3(C)C)CC1. The summed E-state index contributed by atoms with van der Waals surface area (Å²) >= 11 is 0.